The van der Waals surface area contributed by atoms with E-state index in [2.05, 4.69) is 4.98 Å². The van der Waals surface area contributed by atoms with E-state index in [1.165, 1.54) is 18.2 Å². The third kappa shape index (κ3) is 1.16. The van der Waals surface area contributed by atoms with Crippen molar-refractivity contribution in [3.63, 3.8) is 0 Å². The maximum atomic E-state index is 7.74. The molecule has 1 aromatic carbocycles. The van der Waals surface area contributed by atoms with Gasteiger partial charge >= 0.3 is 0 Å². The lowest BCUT2D eigenvalue weighted by Crippen LogP contribution is -2.25. The zero-order valence-corrected chi connectivity index (χ0v) is 7.19. The van der Waals surface area contributed by atoms with E-state index in [9.17, 15) is 0 Å². The fourth-order valence-corrected chi connectivity index (χ4v) is 1.22. The number of nitrogens with one attached hydrogen (secondary N) is 1. The van der Waals surface area contributed by atoms with Gasteiger partial charge in [0.25, 0.3) is 0 Å². The first-order valence-corrected chi connectivity index (χ1v) is 3.88. The van der Waals surface area contributed by atoms with Gasteiger partial charge in [0.15, 0.2) is 5.49 Å². The number of nitrogens with zero attached hydrogens (tertiary/aromatic N) is 2. The molecule has 1 heterocycles. The minimum Gasteiger partial charge on any atom is -0.414 e. The molecule has 2 aromatic rings. The first kappa shape index (κ1) is 7.79. The number of rotatable bonds is 1. The zero-order chi connectivity index (χ0) is 9.26. The number of fused-ring (bicyclic) bond motifs is 1. The fourth-order valence-electron chi connectivity index (χ4n) is 1.22. The van der Waals surface area contributed by atoms with E-state index in [1.807, 2.05) is 24.3 Å². The molecular weight excluding hydrogens is 166 g/mol. The summed E-state index contributed by atoms with van der Waals surface area (Å²) in [5.41, 5.74) is 1.12. The van der Waals surface area contributed by atoms with Crippen molar-refractivity contribution in [2.45, 2.75) is 0 Å². The van der Waals surface area contributed by atoms with Crippen molar-refractivity contribution in [2.75, 3.05) is 7.11 Å². The van der Waals surface area contributed by atoms with Crippen molar-refractivity contribution in [2.24, 2.45) is 0 Å². The average molecular weight is 175 g/mol. The Labute approximate surface area is 74.9 Å². The Morgan fingerprint density at radius 3 is 2.92 bits per heavy atom. The Kier molecular flexibility index (Phi) is 1.73. The lowest BCUT2D eigenvalue weighted by atomic mass is 10.2. The number of hydrogen-bond donors (Lipinski definition) is 1. The van der Waals surface area contributed by atoms with E-state index in [1.54, 1.807) is 0 Å². The van der Waals surface area contributed by atoms with Gasteiger partial charge in [-0.15, -0.1) is 0 Å². The summed E-state index contributed by atoms with van der Waals surface area (Å²) >= 11 is 0. The SMILES string of the molecule is COn1cnc2ccccc2c1=N. The Hall–Kier alpha value is -1.84. The molecule has 0 aliphatic rings. The second kappa shape index (κ2) is 2.90. The lowest BCUT2D eigenvalue weighted by Gasteiger charge is -2.04. The van der Waals surface area contributed by atoms with Crippen LogP contribution in [0.1, 0.15) is 0 Å². The summed E-state index contributed by atoms with van der Waals surface area (Å²) in [6.07, 6.45) is 1.49. The summed E-state index contributed by atoms with van der Waals surface area (Å²) in [7, 11) is 1.51. The molecule has 2 rings (SSSR count). The van der Waals surface area contributed by atoms with E-state index < -0.39 is 0 Å². The van der Waals surface area contributed by atoms with Crippen molar-refractivity contribution in [3.8, 4) is 0 Å². The van der Waals surface area contributed by atoms with Crippen molar-refractivity contribution in [1.29, 1.82) is 5.41 Å². The van der Waals surface area contributed by atoms with Crippen LogP contribution in [0.25, 0.3) is 10.9 Å². The molecule has 0 aliphatic carbocycles. The van der Waals surface area contributed by atoms with E-state index in [0.29, 0.717) is 5.49 Å². The van der Waals surface area contributed by atoms with Crippen molar-refractivity contribution >= 4 is 10.9 Å². The van der Waals surface area contributed by atoms with Gasteiger partial charge in [0, 0.05) is 5.39 Å². The van der Waals surface area contributed by atoms with Crippen LogP contribution in [0.5, 0.6) is 0 Å². The monoisotopic (exact) mass is 175 g/mol. The molecule has 0 atom stereocenters. The minimum atomic E-state index is 0.313. The molecule has 0 spiro atoms. The second-order valence-corrected chi connectivity index (χ2v) is 2.62. The minimum absolute atomic E-state index is 0.313. The molecule has 0 bridgehead atoms. The standard InChI is InChI=1S/C9H9N3O/c1-13-12-6-11-8-5-3-2-4-7(8)9(12)10/h2-6,10H,1H3. The molecular formula is C9H9N3O. The van der Waals surface area contributed by atoms with Crippen LogP contribution in [0.15, 0.2) is 30.6 Å². The van der Waals surface area contributed by atoms with Crippen LogP contribution in [0, 0.1) is 5.41 Å². The van der Waals surface area contributed by atoms with Crippen LogP contribution in [-0.2, 0) is 0 Å². The van der Waals surface area contributed by atoms with Gasteiger partial charge in [-0.25, -0.2) is 4.98 Å². The van der Waals surface area contributed by atoms with Crippen LogP contribution >= 0.6 is 0 Å². The number of aromatic nitrogens is 2. The predicted molar refractivity (Wildman–Crippen MR) is 48.1 cm³/mol. The maximum absolute atomic E-state index is 7.74. The maximum Gasteiger partial charge on any atom is 0.172 e. The van der Waals surface area contributed by atoms with Gasteiger partial charge in [-0.3, -0.25) is 5.41 Å². The Balaban J connectivity index is 2.87. The normalized spacial score (nSPS) is 10.2. The molecule has 0 saturated heterocycles. The highest BCUT2D eigenvalue weighted by Crippen LogP contribution is 2.03. The quantitative estimate of drug-likeness (QED) is 0.689. The summed E-state index contributed by atoms with van der Waals surface area (Å²) in [5, 5.41) is 8.52. The van der Waals surface area contributed by atoms with Crippen molar-refractivity contribution in [1.82, 2.24) is 9.71 Å². The second-order valence-electron chi connectivity index (χ2n) is 2.62. The van der Waals surface area contributed by atoms with Gasteiger partial charge in [0.05, 0.1) is 5.52 Å². The predicted octanol–water partition coefficient (Wildman–Crippen LogP) is 0.574. The first-order chi connectivity index (χ1) is 6.33. The van der Waals surface area contributed by atoms with Crippen LogP contribution in [0.2, 0.25) is 0 Å². The van der Waals surface area contributed by atoms with Crippen molar-refractivity contribution < 1.29 is 4.84 Å². The number of benzene rings is 1. The third-order valence-corrected chi connectivity index (χ3v) is 1.88. The summed E-state index contributed by atoms with van der Waals surface area (Å²) < 4.78 is 1.32. The molecule has 0 saturated carbocycles. The molecule has 1 aromatic heterocycles. The fraction of sp³-hybridized carbons (Fsp3) is 0.111. The molecule has 13 heavy (non-hydrogen) atoms. The lowest BCUT2D eigenvalue weighted by molar-refractivity contribution is 0.152. The Morgan fingerprint density at radius 1 is 1.38 bits per heavy atom. The van der Waals surface area contributed by atoms with Gasteiger partial charge < -0.3 is 4.84 Å². The summed E-state index contributed by atoms with van der Waals surface area (Å²) in [5.74, 6) is 0. The molecule has 66 valence electrons. The van der Waals surface area contributed by atoms with E-state index in [4.69, 9.17) is 10.2 Å². The Bertz CT molecular complexity index is 489. The van der Waals surface area contributed by atoms with E-state index in [0.717, 1.165) is 10.9 Å². The molecule has 1 N–H and O–H groups in total. The van der Waals surface area contributed by atoms with Gasteiger partial charge in [-0.2, -0.15) is 4.73 Å². The molecule has 4 nitrogen and oxygen atoms in total. The molecule has 4 heteroatoms. The highest BCUT2D eigenvalue weighted by molar-refractivity contribution is 5.76. The number of hydrogen-bond acceptors (Lipinski definition) is 3. The largest absolute Gasteiger partial charge is 0.414 e. The smallest absolute Gasteiger partial charge is 0.172 e. The molecule has 0 aliphatic heterocycles. The third-order valence-electron chi connectivity index (χ3n) is 1.88. The summed E-state index contributed by atoms with van der Waals surface area (Å²) in [6, 6.07) is 7.49. The van der Waals surface area contributed by atoms with Gasteiger partial charge in [0.1, 0.15) is 13.4 Å². The topological polar surface area (TPSA) is 50.9 Å². The van der Waals surface area contributed by atoms with Gasteiger partial charge in [-0.1, -0.05) is 12.1 Å². The van der Waals surface area contributed by atoms with E-state index in [-0.39, 0.29) is 0 Å². The van der Waals surface area contributed by atoms with Gasteiger partial charge in [0.2, 0.25) is 0 Å². The highest BCUT2D eigenvalue weighted by Gasteiger charge is 1.98. The zero-order valence-electron chi connectivity index (χ0n) is 7.19. The first-order valence-electron chi connectivity index (χ1n) is 3.88. The summed E-state index contributed by atoms with van der Waals surface area (Å²) in [6.45, 7) is 0. The van der Waals surface area contributed by atoms with Crippen LogP contribution in [0.4, 0.5) is 0 Å². The molecule has 0 fully saturated rings. The molecule has 0 unspecified atom stereocenters. The van der Waals surface area contributed by atoms with Crippen molar-refractivity contribution in [3.05, 3.63) is 36.1 Å². The number of para-hydroxylation sites is 1. The average Bonchev–Trinajstić information content (AvgIpc) is 2.19. The van der Waals surface area contributed by atoms with Crippen LogP contribution < -0.4 is 10.3 Å². The van der Waals surface area contributed by atoms with E-state index >= 15 is 0 Å². The highest BCUT2D eigenvalue weighted by atomic mass is 16.6. The molecule has 0 radical (unpaired) electrons. The van der Waals surface area contributed by atoms with Crippen LogP contribution in [-0.4, -0.2) is 16.8 Å². The summed E-state index contributed by atoms with van der Waals surface area (Å²) in [4.78, 5) is 9.05. The molecule has 0 amide bonds. The Morgan fingerprint density at radius 2 is 2.15 bits per heavy atom. The van der Waals surface area contributed by atoms with Crippen LogP contribution in [0.3, 0.4) is 0 Å². The van der Waals surface area contributed by atoms with Gasteiger partial charge in [-0.05, 0) is 12.1 Å².